The summed E-state index contributed by atoms with van der Waals surface area (Å²) in [7, 11) is 0. The number of aromatic nitrogens is 3. The number of benzene rings is 5. The summed E-state index contributed by atoms with van der Waals surface area (Å²) in [6.45, 7) is 0. The average Bonchev–Trinajstić information content (AvgIpc) is 3.65. The van der Waals surface area contributed by atoms with Gasteiger partial charge in [0.15, 0.2) is 0 Å². The molecule has 9 aromatic rings. The van der Waals surface area contributed by atoms with Gasteiger partial charge in [0.2, 0.25) is 11.7 Å². The van der Waals surface area contributed by atoms with Crippen molar-refractivity contribution in [1.82, 2.24) is 14.5 Å². The van der Waals surface area contributed by atoms with Gasteiger partial charge in [-0.2, -0.15) is 4.98 Å². The van der Waals surface area contributed by atoms with Crippen molar-refractivity contribution in [3.63, 3.8) is 0 Å². The molecule has 4 aromatic heterocycles. The molecule has 39 heavy (non-hydrogen) atoms. The van der Waals surface area contributed by atoms with Crippen molar-refractivity contribution in [3.8, 4) is 17.2 Å². The molecule has 0 saturated carbocycles. The van der Waals surface area contributed by atoms with Crippen LogP contribution in [-0.2, 0) is 0 Å². The third-order valence-electron chi connectivity index (χ3n) is 7.65. The Morgan fingerprint density at radius 1 is 0.564 bits per heavy atom. The third-order valence-corrected chi connectivity index (χ3v) is 8.78. The highest BCUT2D eigenvalue weighted by Gasteiger charge is 2.21. The second-order valence-electron chi connectivity index (χ2n) is 9.83. The monoisotopic (exact) mass is 517 g/mol. The summed E-state index contributed by atoms with van der Waals surface area (Å²) in [6, 6.07) is 40.2. The Bertz CT molecular complexity index is 2400. The van der Waals surface area contributed by atoms with E-state index in [-0.39, 0.29) is 0 Å². The highest BCUT2D eigenvalue weighted by molar-refractivity contribution is 7.25. The standard InChI is InChI=1S/C34H19N3OS/c1-2-10-20(11-3-1)32-31-23-14-5-8-16-28(23)38-33(31)36-34(35-32)37-26-15-7-4-12-21(26)24-18-25-22-13-6-9-17-29(22)39-30(25)19-27(24)37/h1-19H. The predicted octanol–water partition coefficient (Wildman–Crippen LogP) is 9.51. The molecule has 0 fully saturated rings. The number of hydrogen-bond acceptors (Lipinski definition) is 4. The molecule has 4 nitrogen and oxygen atoms in total. The first kappa shape index (κ1) is 21.0. The smallest absolute Gasteiger partial charge is 0.238 e. The van der Waals surface area contributed by atoms with Gasteiger partial charge in [-0.15, -0.1) is 11.3 Å². The van der Waals surface area contributed by atoms with Crippen LogP contribution in [0.2, 0.25) is 0 Å². The second kappa shape index (κ2) is 7.76. The van der Waals surface area contributed by atoms with Gasteiger partial charge in [0.05, 0.1) is 22.1 Å². The Labute approximate surface area is 226 Å². The van der Waals surface area contributed by atoms with Crippen LogP contribution < -0.4 is 0 Å². The number of hydrogen-bond donors (Lipinski definition) is 0. The molecular formula is C34H19N3OS. The molecule has 5 heteroatoms. The zero-order valence-corrected chi connectivity index (χ0v) is 21.4. The van der Waals surface area contributed by atoms with Crippen LogP contribution in [0.3, 0.4) is 0 Å². The molecule has 0 bridgehead atoms. The summed E-state index contributed by atoms with van der Waals surface area (Å²) in [6.07, 6.45) is 0. The normalized spacial score (nSPS) is 12.1. The minimum absolute atomic E-state index is 0.592. The number of furan rings is 1. The molecule has 0 radical (unpaired) electrons. The summed E-state index contributed by atoms with van der Waals surface area (Å²) in [4.78, 5) is 10.3. The Hall–Kier alpha value is -5.00. The quantitative estimate of drug-likeness (QED) is 0.229. The first-order chi connectivity index (χ1) is 19.3. The number of rotatable bonds is 2. The van der Waals surface area contributed by atoms with Crippen LogP contribution in [0.1, 0.15) is 0 Å². The topological polar surface area (TPSA) is 43.9 Å². The molecule has 0 atom stereocenters. The fraction of sp³-hybridized carbons (Fsp3) is 0. The molecule has 9 rings (SSSR count). The molecular weight excluding hydrogens is 498 g/mol. The molecule has 5 aromatic carbocycles. The number of nitrogens with zero attached hydrogens (tertiary/aromatic N) is 3. The van der Waals surface area contributed by atoms with E-state index in [1.54, 1.807) is 0 Å². The van der Waals surface area contributed by atoms with E-state index in [1.807, 2.05) is 47.7 Å². The van der Waals surface area contributed by atoms with Crippen molar-refractivity contribution >= 4 is 75.4 Å². The summed E-state index contributed by atoms with van der Waals surface area (Å²) < 4.78 is 11.1. The van der Waals surface area contributed by atoms with Gasteiger partial charge in [-0.25, -0.2) is 4.98 Å². The lowest BCUT2D eigenvalue weighted by atomic mass is 10.1. The molecule has 0 aliphatic rings. The molecule has 0 saturated heterocycles. The summed E-state index contributed by atoms with van der Waals surface area (Å²) in [5, 5.41) is 6.91. The molecule has 0 spiro atoms. The van der Waals surface area contributed by atoms with Gasteiger partial charge >= 0.3 is 0 Å². The van der Waals surface area contributed by atoms with Gasteiger partial charge in [-0.1, -0.05) is 84.9 Å². The Morgan fingerprint density at radius 2 is 1.31 bits per heavy atom. The maximum absolute atomic E-state index is 6.33. The second-order valence-corrected chi connectivity index (χ2v) is 10.9. The number of thiophene rings is 1. The van der Waals surface area contributed by atoms with Crippen LogP contribution >= 0.6 is 11.3 Å². The van der Waals surface area contributed by atoms with Gasteiger partial charge in [0.1, 0.15) is 5.58 Å². The molecule has 182 valence electrons. The van der Waals surface area contributed by atoms with Crippen LogP contribution in [0.5, 0.6) is 0 Å². The van der Waals surface area contributed by atoms with Crippen molar-refractivity contribution < 1.29 is 4.42 Å². The highest BCUT2D eigenvalue weighted by atomic mass is 32.1. The van der Waals surface area contributed by atoms with Crippen molar-refractivity contribution in [1.29, 1.82) is 0 Å². The SMILES string of the molecule is c1ccc(-c2nc(-n3c4ccccc4c4cc5c(cc43)sc3ccccc35)nc3oc4ccccc4c23)cc1. The van der Waals surface area contributed by atoms with E-state index in [0.29, 0.717) is 11.7 Å². The van der Waals surface area contributed by atoms with Gasteiger partial charge in [-0.3, -0.25) is 4.57 Å². The first-order valence-corrected chi connectivity index (χ1v) is 13.7. The number of fused-ring (bicyclic) bond motifs is 9. The Morgan fingerprint density at radius 3 is 2.21 bits per heavy atom. The van der Waals surface area contributed by atoms with Crippen molar-refractivity contribution in [2.24, 2.45) is 0 Å². The molecule has 0 amide bonds. The van der Waals surface area contributed by atoms with E-state index in [4.69, 9.17) is 14.4 Å². The van der Waals surface area contributed by atoms with Crippen LogP contribution in [0, 0.1) is 0 Å². The van der Waals surface area contributed by atoms with E-state index in [1.165, 1.54) is 30.9 Å². The van der Waals surface area contributed by atoms with Gasteiger partial charge in [-0.05, 0) is 30.3 Å². The summed E-state index contributed by atoms with van der Waals surface area (Å²) in [5.74, 6) is 0.604. The molecule has 0 unspecified atom stereocenters. The zero-order valence-electron chi connectivity index (χ0n) is 20.6. The van der Waals surface area contributed by atoms with E-state index < -0.39 is 0 Å². The lowest BCUT2D eigenvalue weighted by Crippen LogP contribution is -2.02. The average molecular weight is 518 g/mol. The van der Waals surface area contributed by atoms with Crippen LogP contribution in [0.25, 0.3) is 81.3 Å². The van der Waals surface area contributed by atoms with Crippen LogP contribution in [0.4, 0.5) is 0 Å². The minimum Gasteiger partial charge on any atom is -0.437 e. The Kier molecular flexibility index (Phi) is 4.18. The van der Waals surface area contributed by atoms with Crippen LogP contribution in [0.15, 0.2) is 120 Å². The summed E-state index contributed by atoms with van der Waals surface area (Å²) in [5.41, 5.74) is 5.47. The van der Waals surface area contributed by atoms with E-state index in [9.17, 15) is 0 Å². The van der Waals surface area contributed by atoms with E-state index in [2.05, 4.69) is 83.4 Å². The van der Waals surface area contributed by atoms with Crippen molar-refractivity contribution in [3.05, 3.63) is 115 Å². The van der Waals surface area contributed by atoms with Gasteiger partial charge < -0.3 is 4.42 Å². The zero-order chi connectivity index (χ0) is 25.5. The molecule has 0 aliphatic carbocycles. The van der Waals surface area contributed by atoms with Crippen molar-refractivity contribution in [2.45, 2.75) is 0 Å². The molecule has 0 aliphatic heterocycles. The first-order valence-electron chi connectivity index (χ1n) is 12.9. The maximum atomic E-state index is 6.33. The lowest BCUT2D eigenvalue weighted by Gasteiger charge is -2.09. The van der Waals surface area contributed by atoms with Gasteiger partial charge in [0, 0.05) is 41.9 Å². The van der Waals surface area contributed by atoms with E-state index in [0.717, 1.165) is 38.6 Å². The van der Waals surface area contributed by atoms with Crippen molar-refractivity contribution in [2.75, 3.05) is 0 Å². The molecule has 0 N–H and O–H groups in total. The molecule has 4 heterocycles. The minimum atomic E-state index is 0.592. The highest BCUT2D eigenvalue weighted by Crippen LogP contribution is 2.41. The maximum Gasteiger partial charge on any atom is 0.238 e. The third kappa shape index (κ3) is 2.93. The summed E-state index contributed by atoms with van der Waals surface area (Å²) >= 11 is 1.82. The largest absolute Gasteiger partial charge is 0.437 e. The Balaban J connectivity index is 1.44. The van der Waals surface area contributed by atoms with Crippen LogP contribution in [-0.4, -0.2) is 14.5 Å². The predicted molar refractivity (Wildman–Crippen MR) is 162 cm³/mol. The fourth-order valence-electron chi connectivity index (χ4n) is 5.92. The van der Waals surface area contributed by atoms with Gasteiger partial charge in [0.25, 0.3) is 0 Å². The lowest BCUT2D eigenvalue weighted by molar-refractivity contribution is 0.651. The number of para-hydroxylation sites is 2. The fourth-order valence-corrected chi connectivity index (χ4v) is 7.04. The van der Waals surface area contributed by atoms with E-state index >= 15 is 0 Å².